The lowest BCUT2D eigenvalue weighted by Gasteiger charge is -1.98. The summed E-state index contributed by atoms with van der Waals surface area (Å²) < 4.78 is 33.9. The third-order valence-corrected chi connectivity index (χ3v) is 3.37. The highest BCUT2D eigenvalue weighted by Crippen LogP contribution is 2.23. The first-order chi connectivity index (χ1) is 7.07. The van der Waals surface area contributed by atoms with E-state index in [1.807, 2.05) is 11.4 Å². The Bertz CT molecular complexity index is 564. The van der Waals surface area contributed by atoms with Gasteiger partial charge in [-0.15, -0.1) is 11.3 Å². The zero-order valence-electron chi connectivity index (χ0n) is 7.42. The van der Waals surface area contributed by atoms with Crippen molar-refractivity contribution in [1.29, 1.82) is 0 Å². The molecule has 0 aliphatic rings. The summed E-state index contributed by atoms with van der Waals surface area (Å²) in [6.07, 6.45) is 0. The van der Waals surface area contributed by atoms with Crippen LogP contribution in [0.1, 0.15) is 0 Å². The van der Waals surface area contributed by atoms with Gasteiger partial charge in [-0.25, -0.2) is 4.98 Å². The van der Waals surface area contributed by atoms with Crippen LogP contribution in [0.3, 0.4) is 0 Å². The van der Waals surface area contributed by atoms with Crippen molar-refractivity contribution in [3.8, 4) is 10.6 Å². The van der Waals surface area contributed by atoms with Crippen LogP contribution in [0.5, 0.6) is 0 Å². The van der Waals surface area contributed by atoms with Crippen LogP contribution in [-0.4, -0.2) is 13.4 Å². The lowest BCUT2D eigenvalue weighted by molar-refractivity contribution is 0.548. The van der Waals surface area contributed by atoms with Crippen LogP contribution in [0.15, 0.2) is 40.7 Å². The molecule has 0 unspecified atom stereocenters. The molecule has 0 spiro atoms. The molecular weight excluding hydrogens is 237 g/mol. The predicted octanol–water partition coefficient (Wildman–Crippen LogP) is 2.47. The van der Waals surface area contributed by atoms with Gasteiger partial charge in [0.1, 0.15) is 0 Å². The average Bonchev–Trinajstić information content (AvgIpc) is 2.69. The Morgan fingerprint density at radius 1 is 1.20 bits per heavy atom. The molecule has 0 amide bonds. The number of aromatic nitrogens is 1. The monoisotopic (exact) mass is 243 g/mol. The van der Waals surface area contributed by atoms with Gasteiger partial charge in [-0.05, 0) is 23.6 Å². The zero-order valence-corrected chi connectivity index (χ0v) is 9.06. The molecule has 0 N–H and O–H groups in total. The van der Waals surface area contributed by atoms with E-state index in [1.54, 1.807) is 12.1 Å². The number of thiophene rings is 1. The lowest BCUT2D eigenvalue weighted by Crippen LogP contribution is -1.96. The van der Waals surface area contributed by atoms with Crippen LogP contribution in [0.2, 0.25) is 0 Å². The predicted molar refractivity (Wildman–Crippen MR) is 55.8 cm³/mol. The van der Waals surface area contributed by atoms with E-state index >= 15 is 0 Å². The fraction of sp³-hybridized carbons (Fsp3) is 0. The Morgan fingerprint density at radius 2 is 2.00 bits per heavy atom. The molecule has 0 saturated carbocycles. The van der Waals surface area contributed by atoms with Crippen molar-refractivity contribution < 1.29 is 12.3 Å². The van der Waals surface area contributed by atoms with E-state index in [9.17, 15) is 12.3 Å². The van der Waals surface area contributed by atoms with Crippen molar-refractivity contribution in [2.24, 2.45) is 0 Å². The quantitative estimate of drug-likeness (QED) is 0.761. The van der Waals surface area contributed by atoms with Gasteiger partial charge in [-0.3, -0.25) is 0 Å². The molecule has 0 aliphatic carbocycles. The second kappa shape index (κ2) is 3.71. The number of pyridine rings is 1. The zero-order chi connectivity index (χ0) is 10.9. The van der Waals surface area contributed by atoms with Gasteiger partial charge < -0.3 is 0 Å². The molecule has 2 aromatic rings. The molecule has 0 fully saturated rings. The maximum atomic E-state index is 12.7. The van der Waals surface area contributed by atoms with Gasteiger partial charge in [0.15, 0.2) is 5.03 Å². The molecule has 0 aromatic carbocycles. The third kappa shape index (κ3) is 2.21. The SMILES string of the molecule is O=S(=O)(F)c1cccc(-c2cccs2)n1. The van der Waals surface area contributed by atoms with Gasteiger partial charge in [0.2, 0.25) is 0 Å². The minimum atomic E-state index is -4.72. The molecule has 0 aliphatic heterocycles. The average molecular weight is 243 g/mol. The molecule has 2 heterocycles. The normalized spacial score (nSPS) is 11.5. The number of nitrogens with zero attached hydrogens (tertiary/aromatic N) is 1. The van der Waals surface area contributed by atoms with Crippen LogP contribution in [0.4, 0.5) is 3.89 Å². The molecule has 0 atom stereocenters. The van der Waals surface area contributed by atoms with E-state index in [0.29, 0.717) is 5.69 Å². The van der Waals surface area contributed by atoms with Gasteiger partial charge in [-0.1, -0.05) is 16.0 Å². The first kappa shape index (κ1) is 10.3. The minimum absolute atomic E-state index is 0.462. The smallest absolute Gasteiger partial charge is 0.233 e. The number of hydrogen-bond donors (Lipinski definition) is 0. The Morgan fingerprint density at radius 3 is 2.60 bits per heavy atom. The highest BCUT2D eigenvalue weighted by molar-refractivity contribution is 7.86. The highest BCUT2D eigenvalue weighted by Gasteiger charge is 2.14. The summed E-state index contributed by atoms with van der Waals surface area (Å²) in [4.78, 5) is 4.54. The van der Waals surface area contributed by atoms with Crippen molar-refractivity contribution in [2.75, 3.05) is 0 Å². The van der Waals surface area contributed by atoms with Gasteiger partial charge in [0.05, 0.1) is 10.6 Å². The fourth-order valence-electron chi connectivity index (χ4n) is 1.11. The number of rotatable bonds is 2. The summed E-state index contributed by atoms with van der Waals surface area (Å²) in [7, 11) is -4.72. The van der Waals surface area contributed by atoms with Gasteiger partial charge in [-0.2, -0.15) is 8.42 Å². The van der Waals surface area contributed by atoms with Gasteiger partial charge >= 0.3 is 10.2 Å². The van der Waals surface area contributed by atoms with Crippen molar-refractivity contribution >= 4 is 21.6 Å². The van der Waals surface area contributed by atoms with E-state index in [0.717, 1.165) is 10.9 Å². The summed E-state index contributed by atoms with van der Waals surface area (Å²) in [5.41, 5.74) is 0.462. The summed E-state index contributed by atoms with van der Waals surface area (Å²) in [6.45, 7) is 0. The fourth-order valence-corrected chi connectivity index (χ4v) is 2.26. The van der Waals surface area contributed by atoms with Crippen LogP contribution in [0, 0.1) is 0 Å². The summed E-state index contributed by atoms with van der Waals surface area (Å²) in [6, 6.07) is 7.85. The van der Waals surface area contributed by atoms with E-state index in [-0.39, 0.29) is 0 Å². The van der Waals surface area contributed by atoms with Crippen molar-refractivity contribution in [1.82, 2.24) is 4.98 Å². The Balaban J connectivity index is 2.53. The third-order valence-electron chi connectivity index (χ3n) is 1.75. The molecule has 0 bridgehead atoms. The van der Waals surface area contributed by atoms with Crippen LogP contribution in [-0.2, 0) is 10.2 Å². The van der Waals surface area contributed by atoms with Gasteiger partial charge in [0.25, 0.3) is 0 Å². The van der Waals surface area contributed by atoms with E-state index in [4.69, 9.17) is 0 Å². The summed E-state index contributed by atoms with van der Waals surface area (Å²) in [5.74, 6) is 0. The molecule has 15 heavy (non-hydrogen) atoms. The van der Waals surface area contributed by atoms with Crippen LogP contribution < -0.4 is 0 Å². The Kier molecular flexibility index (Phi) is 2.54. The van der Waals surface area contributed by atoms with E-state index in [2.05, 4.69) is 4.98 Å². The lowest BCUT2D eigenvalue weighted by atomic mass is 10.3. The molecule has 0 saturated heterocycles. The Hall–Kier alpha value is -1.27. The van der Waals surface area contributed by atoms with Crippen LogP contribution in [0.25, 0.3) is 10.6 Å². The topological polar surface area (TPSA) is 47.0 Å². The van der Waals surface area contributed by atoms with E-state index in [1.165, 1.54) is 17.4 Å². The first-order valence-corrected chi connectivity index (χ1v) is 6.29. The largest absolute Gasteiger partial charge is 0.349 e. The first-order valence-electron chi connectivity index (χ1n) is 4.03. The second-order valence-electron chi connectivity index (χ2n) is 2.78. The second-order valence-corrected chi connectivity index (χ2v) is 5.02. The maximum absolute atomic E-state index is 12.7. The summed E-state index contributed by atoms with van der Waals surface area (Å²) >= 11 is 1.42. The number of halogens is 1. The van der Waals surface area contributed by atoms with Crippen molar-refractivity contribution in [3.63, 3.8) is 0 Å². The molecule has 2 rings (SSSR count). The molecule has 0 radical (unpaired) electrons. The Labute approximate surface area is 90.4 Å². The molecule has 3 nitrogen and oxygen atoms in total. The maximum Gasteiger partial charge on any atom is 0.349 e. The van der Waals surface area contributed by atoms with Gasteiger partial charge in [0, 0.05) is 0 Å². The molecule has 2 aromatic heterocycles. The highest BCUT2D eigenvalue weighted by atomic mass is 32.3. The summed E-state index contributed by atoms with van der Waals surface area (Å²) in [5, 5.41) is 1.29. The molecule has 6 heteroatoms. The van der Waals surface area contributed by atoms with Crippen LogP contribution >= 0.6 is 11.3 Å². The van der Waals surface area contributed by atoms with E-state index < -0.39 is 15.2 Å². The van der Waals surface area contributed by atoms with Crippen molar-refractivity contribution in [2.45, 2.75) is 5.03 Å². The molecular formula is C9H6FNO2S2. The van der Waals surface area contributed by atoms with Crippen molar-refractivity contribution in [3.05, 3.63) is 35.7 Å². The minimum Gasteiger partial charge on any atom is -0.233 e. The standard InChI is InChI=1S/C9H6FNO2S2/c10-15(12,13)9-5-1-3-7(11-9)8-4-2-6-14-8/h1-6H. The molecule has 78 valence electrons. The number of hydrogen-bond acceptors (Lipinski definition) is 4.